The lowest BCUT2D eigenvalue weighted by atomic mass is 10.3. The van der Waals surface area contributed by atoms with E-state index in [0.29, 0.717) is 0 Å². The lowest BCUT2D eigenvalue weighted by molar-refractivity contribution is 0.0944. The summed E-state index contributed by atoms with van der Waals surface area (Å²) in [6.45, 7) is 1.92. The highest BCUT2D eigenvalue weighted by molar-refractivity contribution is 5.92. The number of hydrogen-bond donors (Lipinski definition) is 1. The summed E-state index contributed by atoms with van der Waals surface area (Å²) in [6, 6.07) is 3.26. The first-order valence-electron chi connectivity index (χ1n) is 3.56. The Kier molecular flexibility index (Phi) is 2.49. The molecule has 0 aliphatic rings. The number of nitriles is 1. The van der Waals surface area contributed by atoms with Crippen molar-refractivity contribution < 1.29 is 9.21 Å². The zero-order chi connectivity index (χ0) is 8.97. The molecule has 62 valence electrons. The largest absolute Gasteiger partial charge is 0.456 e. The van der Waals surface area contributed by atoms with Crippen molar-refractivity contribution in [1.82, 2.24) is 5.32 Å². The van der Waals surface area contributed by atoms with Gasteiger partial charge in [-0.2, -0.15) is 5.26 Å². The van der Waals surface area contributed by atoms with Gasteiger partial charge in [-0.25, -0.2) is 0 Å². The van der Waals surface area contributed by atoms with Crippen molar-refractivity contribution in [2.24, 2.45) is 0 Å². The average molecular weight is 164 g/mol. The van der Waals surface area contributed by atoms with Gasteiger partial charge in [0, 0.05) is 6.42 Å². The van der Waals surface area contributed by atoms with E-state index in [-0.39, 0.29) is 5.76 Å². The number of furan rings is 1. The average Bonchev–Trinajstić information content (AvgIpc) is 2.52. The van der Waals surface area contributed by atoms with Crippen molar-refractivity contribution in [2.75, 3.05) is 0 Å². The van der Waals surface area contributed by atoms with Crippen molar-refractivity contribution >= 4 is 5.91 Å². The predicted octanol–water partition coefficient (Wildman–Crippen LogP) is 1.05. The SMILES string of the molecule is CCc1ccc(C(=O)NC#N)o1. The highest BCUT2D eigenvalue weighted by Gasteiger charge is 2.08. The van der Waals surface area contributed by atoms with Gasteiger partial charge in [-0.1, -0.05) is 6.92 Å². The molecule has 0 unspecified atom stereocenters. The van der Waals surface area contributed by atoms with Crippen molar-refractivity contribution in [3.63, 3.8) is 0 Å². The number of rotatable bonds is 2. The molecule has 1 N–H and O–H groups in total. The highest BCUT2D eigenvalue weighted by Crippen LogP contribution is 2.07. The van der Waals surface area contributed by atoms with Gasteiger partial charge < -0.3 is 4.42 Å². The maximum Gasteiger partial charge on any atom is 0.299 e. The number of carbonyl (C=O) groups excluding carboxylic acids is 1. The van der Waals surface area contributed by atoms with Crippen LogP contribution in [0.3, 0.4) is 0 Å². The van der Waals surface area contributed by atoms with E-state index < -0.39 is 5.91 Å². The van der Waals surface area contributed by atoms with Crippen LogP contribution in [-0.4, -0.2) is 5.91 Å². The first-order valence-corrected chi connectivity index (χ1v) is 3.56. The fourth-order valence-electron chi connectivity index (χ4n) is 0.802. The first kappa shape index (κ1) is 8.34. The van der Waals surface area contributed by atoms with Crippen LogP contribution in [-0.2, 0) is 6.42 Å². The van der Waals surface area contributed by atoms with Gasteiger partial charge in [-0.05, 0) is 12.1 Å². The molecule has 0 radical (unpaired) electrons. The molecule has 0 atom stereocenters. The quantitative estimate of drug-likeness (QED) is 0.524. The Hall–Kier alpha value is -1.76. The maximum atomic E-state index is 10.9. The summed E-state index contributed by atoms with van der Waals surface area (Å²) >= 11 is 0. The summed E-state index contributed by atoms with van der Waals surface area (Å²) in [6.07, 6.45) is 2.27. The highest BCUT2D eigenvalue weighted by atomic mass is 16.3. The minimum Gasteiger partial charge on any atom is -0.456 e. The van der Waals surface area contributed by atoms with Gasteiger partial charge in [0.1, 0.15) is 5.76 Å². The van der Waals surface area contributed by atoms with Crippen molar-refractivity contribution in [1.29, 1.82) is 5.26 Å². The second-order valence-electron chi connectivity index (χ2n) is 2.19. The normalized spacial score (nSPS) is 9.00. The molecule has 1 aromatic rings. The molecular formula is C8H8N2O2. The topological polar surface area (TPSA) is 66.0 Å². The summed E-state index contributed by atoms with van der Waals surface area (Å²) < 4.78 is 5.08. The molecule has 0 bridgehead atoms. The predicted molar refractivity (Wildman–Crippen MR) is 41.2 cm³/mol. The lowest BCUT2D eigenvalue weighted by Crippen LogP contribution is -2.16. The van der Waals surface area contributed by atoms with Crippen molar-refractivity contribution in [3.05, 3.63) is 23.7 Å². The molecule has 0 aliphatic carbocycles. The molecule has 1 heterocycles. The number of carbonyl (C=O) groups is 1. The molecule has 1 amide bonds. The van der Waals surface area contributed by atoms with Crippen LogP contribution >= 0.6 is 0 Å². The molecule has 4 heteroatoms. The van der Waals surface area contributed by atoms with Crippen LogP contribution in [0.25, 0.3) is 0 Å². The number of nitrogens with one attached hydrogen (secondary N) is 1. The van der Waals surface area contributed by atoms with Gasteiger partial charge in [0.2, 0.25) is 0 Å². The molecule has 0 saturated heterocycles. The Morgan fingerprint density at radius 2 is 2.50 bits per heavy atom. The third kappa shape index (κ3) is 1.64. The van der Waals surface area contributed by atoms with E-state index >= 15 is 0 Å². The maximum absolute atomic E-state index is 10.9. The van der Waals surface area contributed by atoms with E-state index in [4.69, 9.17) is 9.68 Å². The molecule has 0 fully saturated rings. The summed E-state index contributed by atoms with van der Waals surface area (Å²) in [5.41, 5.74) is 0. The van der Waals surface area contributed by atoms with Gasteiger partial charge >= 0.3 is 0 Å². The van der Waals surface area contributed by atoms with Crippen LogP contribution in [0.2, 0.25) is 0 Å². The number of hydrogen-bond acceptors (Lipinski definition) is 3. The molecule has 0 saturated carbocycles. The number of aryl methyl sites for hydroxylation is 1. The van der Waals surface area contributed by atoms with Crippen LogP contribution in [0.1, 0.15) is 23.2 Å². The minimum atomic E-state index is -0.503. The molecule has 1 rings (SSSR count). The second-order valence-corrected chi connectivity index (χ2v) is 2.19. The van der Waals surface area contributed by atoms with Crippen LogP contribution in [0, 0.1) is 11.5 Å². The first-order chi connectivity index (χ1) is 5.77. The Labute approximate surface area is 69.8 Å². The van der Waals surface area contributed by atoms with Gasteiger partial charge in [-0.3, -0.25) is 10.1 Å². The fraction of sp³-hybridized carbons (Fsp3) is 0.250. The Balaban J connectivity index is 2.76. The molecule has 1 aromatic heterocycles. The van der Waals surface area contributed by atoms with E-state index in [0.717, 1.165) is 12.2 Å². The van der Waals surface area contributed by atoms with Crippen LogP contribution < -0.4 is 5.32 Å². The van der Waals surface area contributed by atoms with E-state index in [1.807, 2.05) is 12.2 Å². The molecule has 0 aromatic carbocycles. The third-order valence-electron chi connectivity index (χ3n) is 1.40. The van der Waals surface area contributed by atoms with E-state index in [9.17, 15) is 4.79 Å². The molecule has 12 heavy (non-hydrogen) atoms. The van der Waals surface area contributed by atoms with Crippen LogP contribution in [0.4, 0.5) is 0 Å². The summed E-state index contributed by atoms with van der Waals surface area (Å²) in [7, 11) is 0. The van der Waals surface area contributed by atoms with E-state index in [2.05, 4.69) is 0 Å². The lowest BCUT2D eigenvalue weighted by Gasteiger charge is -1.90. The molecule has 0 aliphatic heterocycles. The van der Waals surface area contributed by atoms with Crippen LogP contribution in [0.15, 0.2) is 16.5 Å². The molecular weight excluding hydrogens is 156 g/mol. The van der Waals surface area contributed by atoms with Crippen molar-refractivity contribution in [3.8, 4) is 6.19 Å². The monoisotopic (exact) mass is 164 g/mol. The van der Waals surface area contributed by atoms with Gasteiger partial charge in [0.05, 0.1) is 0 Å². The smallest absolute Gasteiger partial charge is 0.299 e. The van der Waals surface area contributed by atoms with Crippen molar-refractivity contribution in [2.45, 2.75) is 13.3 Å². The summed E-state index contributed by atoms with van der Waals surface area (Å²) in [5.74, 6) is 0.406. The Bertz CT molecular complexity index is 322. The third-order valence-corrected chi connectivity index (χ3v) is 1.40. The number of nitrogens with zero attached hydrogens (tertiary/aromatic N) is 1. The van der Waals surface area contributed by atoms with Gasteiger partial charge in [0.25, 0.3) is 5.91 Å². The zero-order valence-corrected chi connectivity index (χ0v) is 6.63. The summed E-state index contributed by atoms with van der Waals surface area (Å²) in [4.78, 5) is 10.9. The van der Waals surface area contributed by atoms with Crippen LogP contribution in [0.5, 0.6) is 0 Å². The Morgan fingerprint density at radius 3 is 3.00 bits per heavy atom. The fourth-order valence-corrected chi connectivity index (χ4v) is 0.802. The van der Waals surface area contributed by atoms with E-state index in [1.54, 1.807) is 12.1 Å². The zero-order valence-electron chi connectivity index (χ0n) is 6.63. The standard InChI is InChI=1S/C8H8N2O2/c1-2-6-3-4-7(12-6)8(11)10-5-9/h3-4H,2H2,1H3,(H,10,11). The molecule has 4 nitrogen and oxygen atoms in total. The minimum absolute atomic E-state index is 0.174. The van der Waals surface area contributed by atoms with Gasteiger partial charge in [-0.15, -0.1) is 0 Å². The van der Waals surface area contributed by atoms with E-state index in [1.165, 1.54) is 6.19 Å². The Morgan fingerprint density at radius 1 is 1.75 bits per heavy atom. The second kappa shape index (κ2) is 3.58. The van der Waals surface area contributed by atoms with Gasteiger partial charge in [0.15, 0.2) is 12.0 Å². The molecule has 0 spiro atoms. The summed E-state index contributed by atoms with van der Waals surface area (Å²) in [5, 5.41) is 10.1. The number of amides is 1.